The molecule has 2 heterocycles. The Morgan fingerprint density at radius 3 is 2.50 bits per heavy atom. The smallest absolute Gasteiger partial charge is 0.263 e. The van der Waals surface area contributed by atoms with Gasteiger partial charge < -0.3 is 0 Å². The van der Waals surface area contributed by atoms with E-state index < -0.39 is 31.9 Å². The number of nitrogens with one attached hydrogen (secondary N) is 1. The zero-order chi connectivity index (χ0) is 19.1. The lowest BCUT2D eigenvalue weighted by molar-refractivity contribution is -0.119. The van der Waals surface area contributed by atoms with Crippen LogP contribution in [-0.2, 0) is 24.8 Å². The van der Waals surface area contributed by atoms with Gasteiger partial charge in [0.2, 0.25) is 15.9 Å². The average Bonchev–Trinajstić information content (AvgIpc) is 2.75. The molecule has 1 aromatic carbocycles. The van der Waals surface area contributed by atoms with E-state index in [1.54, 1.807) is 19.1 Å². The molecule has 1 unspecified atom stereocenters. The number of hydrogen-bond donors (Lipinski definition) is 1. The Balaban J connectivity index is 1.97. The molecule has 10 heteroatoms. The van der Waals surface area contributed by atoms with Crippen molar-refractivity contribution in [3.63, 3.8) is 0 Å². The number of rotatable bonds is 4. The number of benzene rings is 1. The largest absolute Gasteiger partial charge is 0.273 e. The molecule has 0 aliphatic carbocycles. The predicted molar refractivity (Wildman–Crippen MR) is 96.7 cm³/mol. The molecule has 0 bridgehead atoms. The molecule has 8 nitrogen and oxygen atoms in total. The van der Waals surface area contributed by atoms with Crippen LogP contribution in [0.3, 0.4) is 0 Å². The Labute approximate surface area is 152 Å². The minimum Gasteiger partial charge on any atom is -0.273 e. The van der Waals surface area contributed by atoms with Gasteiger partial charge in [-0.25, -0.2) is 26.1 Å². The van der Waals surface area contributed by atoms with Gasteiger partial charge in [-0.15, -0.1) is 0 Å². The lowest BCUT2D eigenvalue weighted by Crippen LogP contribution is -2.30. The maximum Gasteiger partial charge on any atom is 0.263 e. The maximum absolute atomic E-state index is 12.5. The highest BCUT2D eigenvalue weighted by atomic mass is 32.2. The molecule has 3 rings (SSSR count). The summed E-state index contributed by atoms with van der Waals surface area (Å²) >= 11 is 0. The first-order valence-electron chi connectivity index (χ1n) is 7.73. The van der Waals surface area contributed by atoms with Crippen LogP contribution < -0.4 is 9.03 Å². The van der Waals surface area contributed by atoms with Crippen molar-refractivity contribution in [1.82, 2.24) is 4.98 Å². The number of amides is 1. The van der Waals surface area contributed by atoms with Gasteiger partial charge in [0, 0.05) is 6.20 Å². The number of pyridine rings is 1. The zero-order valence-corrected chi connectivity index (χ0v) is 15.7. The summed E-state index contributed by atoms with van der Waals surface area (Å²) in [4.78, 5) is 16.1. The summed E-state index contributed by atoms with van der Waals surface area (Å²) in [7, 11) is -7.65. The van der Waals surface area contributed by atoms with Crippen LogP contribution >= 0.6 is 0 Å². The number of carbonyl (C=O) groups excluding carboxylic acids is 1. The van der Waals surface area contributed by atoms with Crippen molar-refractivity contribution in [1.29, 1.82) is 0 Å². The van der Waals surface area contributed by atoms with E-state index in [4.69, 9.17) is 0 Å². The lowest BCUT2D eigenvalue weighted by Gasteiger charge is -2.17. The van der Waals surface area contributed by atoms with E-state index >= 15 is 0 Å². The summed E-state index contributed by atoms with van der Waals surface area (Å²) < 4.78 is 52.6. The third kappa shape index (κ3) is 3.29. The van der Waals surface area contributed by atoms with Crippen LogP contribution in [0.15, 0.2) is 47.5 Å². The minimum absolute atomic E-state index is 0.0241. The van der Waals surface area contributed by atoms with Crippen LogP contribution in [0.2, 0.25) is 0 Å². The summed E-state index contributed by atoms with van der Waals surface area (Å²) in [6.45, 7) is 3.08. The van der Waals surface area contributed by atoms with E-state index in [1.165, 1.54) is 37.4 Å². The van der Waals surface area contributed by atoms with E-state index in [0.29, 0.717) is 5.56 Å². The lowest BCUT2D eigenvalue weighted by atomic mass is 10.2. The molecular formula is C16H17N3O5S2. The molecule has 1 aliphatic rings. The molecule has 1 aromatic heterocycles. The van der Waals surface area contributed by atoms with Crippen LogP contribution in [0.1, 0.15) is 12.5 Å². The first-order valence-corrected chi connectivity index (χ1v) is 10.8. The number of aryl methyl sites for hydroxylation is 1. The first kappa shape index (κ1) is 18.3. The molecule has 1 atom stereocenters. The fraction of sp³-hybridized carbons (Fsp3) is 0.250. The monoisotopic (exact) mass is 395 g/mol. The van der Waals surface area contributed by atoms with E-state index in [1.807, 2.05) is 0 Å². The van der Waals surface area contributed by atoms with Crippen LogP contribution in [0.25, 0.3) is 0 Å². The van der Waals surface area contributed by atoms with Crippen LogP contribution in [0.5, 0.6) is 0 Å². The van der Waals surface area contributed by atoms with Gasteiger partial charge in [-0.1, -0.05) is 13.0 Å². The predicted octanol–water partition coefficient (Wildman–Crippen LogP) is 1.50. The molecule has 1 N–H and O–H groups in total. The molecule has 1 aliphatic heterocycles. The van der Waals surface area contributed by atoms with Gasteiger partial charge in [-0.3, -0.25) is 9.52 Å². The third-order valence-corrected chi connectivity index (χ3v) is 7.33. The highest BCUT2D eigenvalue weighted by molar-refractivity contribution is 7.94. The molecule has 0 spiro atoms. The summed E-state index contributed by atoms with van der Waals surface area (Å²) in [5, 5.41) is 0. The van der Waals surface area contributed by atoms with Gasteiger partial charge >= 0.3 is 0 Å². The number of nitrogens with zero attached hydrogens (tertiary/aromatic N) is 2. The van der Waals surface area contributed by atoms with Gasteiger partial charge in [-0.05, 0) is 42.8 Å². The Kier molecular flexibility index (Phi) is 4.49. The fourth-order valence-corrected chi connectivity index (χ4v) is 5.81. The molecule has 0 saturated carbocycles. The standard InChI is InChI=1S/C16H17N3O5S2/c1-11-9-13(19-16(20)12(2)10-25(19,21)22)6-7-14(11)26(23,24)18-15-5-3-4-8-17-15/h3-9,12H,10H2,1-2H3,(H,17,18). The molecular weight excluding hydrogens is 378 g/mol. The SMILES string of the molecule is Cc1cc(N2C(=O)C(C)CS2(=O)=O)ccc1S(=O)(=O)Nc1ccccn1. The Bertz CT molecular complexity index is 1070. The topological polar surface area (TPSA) is 114 Å². The number of hydrogen-bond acceptors (Lipinski definition) is 6. The highest BCUT2D eigenvalue weighted by Crippen LogP contribution is 2.31. The quantitative estimate of drug-likeness (QED) is 0.839. The number of anilines is 2. The van der Waals surface area contributed by atoms with E-state index in [9.17, 15) is 21.6 Å². The van der Waals surface area contributed by atoms with E-state index in [2.05, 4.69) is 9.71 Å². The normalized spacial score (nSPS) is 19.5. The van der Waals surface area contributed by atoms with Crippen molar-refractivity contribution < 1.29 is 21.6 Å². The summed E-state index contributed by atoms with van der Waals surface area (Å²) in [5.41, 5.74) is 0.446. The Morgan fingerprint density at radius 1 is 1.23 bits per heavy atom. The second-order valence-electron chi connectivity index (χ2n) is 6.05. The van der Waals surface area contributed by atoms with E-state index in [0.717, 1.165) is 4.31 Å². The molecule has 0 radical (unpaired) electrons. The number of sulfonamides is 2. The molecule has 1 amide bonds. The van der Waals surface area contributed by atoms with Gasteiger partial charge in [0.1, 0.15) is 5.82 Å². The minimum atomic E-state index is -3.90. The molecule has 1 saturated heterocycles. The average molecular weight is 395 g/mol. The molecule has 2 aromatic rings. The van der Waals surface area contributed by atoms with Gasteiger partial charge in [-0.2, -0.15) is 0 Å². The first-order chi connectivity index (χ1) is 12.1. The van der Waals surface area contributed by atoms with E-state index in [-0.39, 0.29) is 22.2 Å². The van der Waals surface area contributed by atoms with Gasteiger partial charge in [0.15, 0.2) is 0 Å². The summed E-state index contributed by atoms with van der Waals surface area (Å²) in [6.07, 6.45) is 1.46. The van der Waals surface area contributed by atoms with Crippen LogP contribution in [0.4, 0.5) is 11.5 Å². The number of aromatic nitrogens is 1. The Morgan fingerprint density at radius 2 is 1.96 bits per heavy atom. The molecule has 1 fully saturated rings. The third-order valence-electron chi connectivity index (χ3n) is 3.95. The number of carbonyl (C=O) groups is 1. The van der Waals surface area contributed by atoms with Gasteiger partial charge in [0.05, 0.1) is 22.3 Å². The molecule has 138 valence electrons. The van der Waals surface area contributed by atoms with Crippen LogP contribution in [-0.4, -0.2) is 33.5 Å². The zero-order valence-electron chi connectivity index (χ0n) is 14.1. The van der Waals surface area contributed by atoms with Gasteiger partial charge in [0.25, 0.3) is 10.0 Å². The fourth-order valence-electron chi connectivity index (χ4n) is 2.76. The van der Waals surface area contributed by atoms with Crippen molar-refractivity contribution in [3.05, 3.63) is 48.2 Å². The van der Waals surface area contributed by atoms with Crippen molar-refractivity contribution in [2.24, 2.45) is 5.92 Å². The highest BCUT2D eigenvalue weighted by Gasteiger charge is 2.42. The summed E-state index contributed by atoms with van der Waals surface area (Å²) in [5.74, 6) is -1.24. The van der Waals surface area contributed by atoms with Crippen LogP contribution in [0, 0.1) is 12.8 Å². The van der Waals surface area contributed by atoms with Crippen molar-refractivity contribution in [3.8, 4) is 0 Å². The van der Waals surface area contributed by atoms with Crippen molar-refractivity contribution in [2.75, 3.05) is 14.8 Å². The van der Waals surface area contributed by atoms with Crippen molar-refractivity contribution in [2.45, 2.75) is 18.7 Å². The van der Waals surface area contributed by atoms with Crippen molar-refractivity contribution >= 4 is 37.5 Å². The molecule has 26 heavy (non-hydrogen) atoms. The second-order valence-corrected chi connectivity index (χ2v) is 9.57. The Hall–Kier alpha value is -2.46. The summed E-state index contributed by atoms with van der Waals surface area (Å²) in [6, 6.07) is 8.78. The maximum atomic E-state index is 12.5. The second kappa shape index (κ2) is 6.36.